The van der Waals surface area contributed by atoms with Crippen LogP contribution in [0.5, 0.6) is 11.5 Å². The number of ether oxygens (including phenoxy) is 2. The second kappa shape index (κ2) is 8.86. The van der Waals surface area contributed by atoms with Crippen molar-refractivity contribution in [3.8, 4) is 11.5 Å². The number of anilines is 1. The summed E-state index contributed by atoms with van der Waals surface area (Å²) >= 11 is 0. The molecule has 0 aliphatic rings. The van der Waals surface area contributed by atoms with Crippen LogP contribution in [0.25, 0.3) is 0 Å². The summed E-state index contributed by atoms with van der Waals surface area (Å²) in [6, 6.07) is 22.9. The molecular weight excluding hydrogens is 354 g/mol. The molecule has 0 aliphatic heterocycles. The van der Waals surface area contributed by atoms with E-state index in [-0.39, 0.29) is 11.7 Å². The lowest BCUT2D eigenvalue weighted by atomic mass is 10.0. The molecule has 0 aromatic heterocycles. The van der Waals surface area contributed by atoms with Crippen LogP contribution in [0, 0.1) is 0 Å². The van der Waals surface area contributed by atoms with E-state index in [0.29, 0.717) is 28.3 Å². The van der Waals surface area contributed by atoms with E-state index in [1.807, 2.05) is 6.07 Å². The lowest BCUT2D eigenvalue weighted by molar-refractivity contribution is -0.122. The zero-order valence-corrected chi connectivity index (χ0v) is 15.7. The number of hydrogen-bond acceptors (Lipinski definition) is 4. The van der Waals surface area contributed by atoms with Crippen molar-refractivity contribution in [3.05, 3.63) is 90.0 Å². The Bertz CT molecular complexity index is 952. The van der Waals surface area contributed by atoms with Gasteiger partial charge in [-0.05, 0) is 43.3 Å². The molecule has 0 radical (unpaired) electrons. The predicted molar refractivity (Wildman–Crippen MR) is 108 cm³/mol. The summed E-state index contributed by atoms with van der Waals surface area (Å²) in [6.45, 7) is 1.65. The van der Waals surface area contributed by atoms with Gasteiger partial charge in [0.05, 0.1) is 12.8 Å². The third kappa shape index (κ3) is 4.57. The Balaban J connectivity index is 1.72. The number of carbonyl (C=O) groups excluding carboxylic acids is 2. The Kier molecular flexibility index (Phi) is 6.07. The van der Waals surface area contributed by atoms with Crippen LogP contribution in [-0.2, 0) is 4.79 Å². The van der Waals surface area contributed by atoms with Gasteiger partial charge in [-0.2, -0.15) is 0 Å². The maximum atomic E-state index is 12.8. The summed E-state index contributed by atoms with van der Waals surface area (Å²) in [6.07, 6.45) is -0.742. The third-order valence-corrected chi connectivity index (χ3v) is 4.21. The van der Waals surface area contributed by atoms with Crippen LogP contribution in [0.2, 0.25) is 0 Å². The Hall–Kier alpha value is -3.60. The summed E-state index contributed by atoms with van der Waals surface area (Å²) in [7, 11) is 1.58. The summed E-state index contributed by atoms with van der Waals surface area (Å²) in [4.78, 5) is 25.4. The molecular formula is C23H21NO4. The van der Waals surface area contributed by atoms with Gasteiger partial charge >= 0.3 is 0 Å². The maximum absolute atomic E-state index is 12.8. The van der Waals surface area contributed by atoms with Gasteiger partial charge in [-0.3, -0.25) is 9.59 Å². The van der Waals surface area contributed by atoms with Crippen LogP contribution < -0.4 is 14.8 Å². The Morgan fingerprint density at radius 3 is 2.11 bits per heavy atom. The minimum absolute atomic E-state index is 0.153. The van der Waals surface area contributed by atoms with Crippen molar-refractivity contribution < 1.29 is 19.1 Å². The molecule has 0 fully saturated rings. The van der Waals surface area contributed by atoms with Crippen LogP contribution in [0.1, 0.15) is 22.8 Å². The van der Waals surface area contributed by atoms with Crippen molar-refractivity contribution in [1.29, 1.82) is 0 Å². The number of methoxy groups -OCH3 is 1. The molecule has 0 saturated heterocycles. The van der Waals surface area contributed by atoms with Gasteiger partial charge < -0.3 is 14.8 Å². The molecule has 1 N–H and O–H groups in total. The molecule has 1 amide bonds. The first-order valence-electron chi connectivity index (χ1n) is 8.89. The fourth-order valence-corrected chi connectivity index (χ4v) is 2.68. The molecule has 5 heteroatoms. The molecule has 3 aromatic carbocycles. The lowest BCUT2D eigenvalue weighted by Gasteiger charge is -2.16. The van der Waals surface area contributed by atoms with Gasteiger partial charge in [0.2, 0.25) is 0 Å². The second-order valence-electron chi connectivity index (χ2n) is 6.17. The molecule has 0 heterocycles. The van der Waals surface area contributed by atoms with E-state index in [0.717, 1.165) is 0 Å². The highest BCUT2D eigenvalue weighted by atomic mass is 16.5. The molecule has 0 saturated carbocycles. The zero-order chi connectivity index (χ0) is 19.9. The van der Waals surface area contributed by atoms with E-state index in [4.69, 9.17) is 9.47 Å². The Morgan fingerprint density at radius 1 is 0.821 bits per heavy atom. The highest BCUT2D eigenvalue weighted by molar-refractivity contribution is 6.14. The highest BCUT2D eigenvalue weighted by Crippen LogP contribution is 2.21. The van der Waals surface area contributed by atoms with Gasteiger partial charge in [0, 0.05) is 11.1 Å². The van der Waals surface area contributed by atoms with Crippen LogP contribution in [0.3, 0.4) is 0 Å². The molecule has 3 aromatic rings. The number of carbonyl (C=O) groups is 2. The van der Waals surface area contributed by atoms with Crippen LogP contribution in [-0.4, -0.2) is 24.9 Å². The first kappa shape index (κ1) is 19.2. The fraction of sp³-hybridized carbons (Fsp3) is 0.130. The summed E-state index contributed by atoms with van der Waals surface area (Å²) in [5.41, 5.74) is 1.44. The van der Waals surface area contributed by atoms with Gasteiger partial charge in [-0.15, -0.1) is 0 Å². The van der Waals surface area contributed by atoms with Gasteiger partial charge in [0.1, 0.15) is 11.5 Å². The van der Waals surface area contributed by atoms with E-state index in [2.05, 4.69) is 5.32 Å². The monoisotopic (exact) mass is 375 g/mol. The minimum atomic E-state index is -0.742. The van der Waals surface area contributed by atoms with Crippen LogP contribution in [0.15, 0.2) is 78.9 Å². The predicted octanol–water partition coefficient (Wildman–Crippen LogP) is 4.33. The molecule has 0 bridgehead atoms. The number of ketones is 1. The number of nitrogens with one attached hydrogen (secondary N) is 1. The number of para-hydroxylation sites is 1. The van der Waals surface area contributed by atoms with Crippen LogP contribution in [0.4, 0.5) is 5.69 Å². The zero-order valence-electron chi connectivity index (χ0n) is 15.7. The van der Waals surface area contributed by atoms with Crippen molar-refractivity contribution in [2.45, 2.75) is 13.0 Å². The van der Waals surface area contributed by atoms with Crippen molar-refractivity contribution in [2.24, 2.45) is 0 Å². The summed E-state index contributed by atoms with van der Waals surface area (Å²) in [5.74, 6) is 0.763. The maximum Gasteiger partial charge on any atom is 0.265 e. The van der Waals surface area contributed by atoms with Crippen LogP contribution >= 0.6 is 0 Å². The van der Waals surface area contributed by atoms with Gasteiger partial charge in [0.15, 0.2) is 11.9 Å². The third-order valence-electron chi connectivity index (χ3n) is 4.21. The second-order valence-corrected chi connectivity index (χ2v) is 6.17. The highest BCUT2D eigenvalue weighted by Gasteiger charge is 2.19. The van der Waals surface area contributed by atoms with Gasteiger partial charge in [0.25, 0.3) is 5.91 Å². The van der Waals surface area contributed by atoms with E-state index in [1.54, 1.807) is 86.8 Å². The Morgan fingerprint density at radius 2 is 1.43 bits per heavy atom. The fourth-order valence-electron chi connectivity index (χ4n) is 2.68. The number of benzene rings is 3. The standard InChI is InChI=1S/C23H21NO4/c1-16(28-19-14-12-18(27-2)13-15-19)23(26)24-21-11-7-6-10-20(21)22(25)17-8-4-3-5-9-17/h3-16H,1-2H3,(H,24,26)/t16-/m0/s1. The van der Waals surface area contributed by atoms with Crippen molar-refractivity contribution in [2.75, 3.05) is 12.4 Å². The van der Waals surface area contributed by atoms with Gasteiger partial charge in [-0.1, -0.05) is 42.5 Å². The topological polar surface area (TPSA) is 64.6 Å². The van der Waals surface area contributed by atoms with E-state index < -0.39 is 6.10 Å². The number of rotatable bonds is 7. The molecule has 1 atom stereocenters. The normalized spacial score (nSPS) is 11.4. The molecule has 142 valence electrons. The molecule has 28 heavy (non-hydrogen) atoms. The van der Waals surface area contributed by atoms with Crippen molar-refractivity contribution in [1.82, 2.24) is 0 Å². The lowest BCUT2D eigenvalue weighted by Crippen LogP contribution is -2.30. The largest absolute Gasteiger partial charge is 0.497 e. The number of hydrogen-bond donors (Lipinski definition) is 1. The molecule has 0 unspecified atom stereocenters. The molecule has 0 spiro atoms. The first-order valence-corrected chi connectivity index (χ1v) is 8.89. The van der Waals surface area contributed by atoms with Crippen molar-refractivity contribution >= 4 is 17.4 Å². The Labute approximate surface area is 163 Å². The first-order chi connectivity index (χ1) is 13.6. The molecule has 0 aliphatic carbocycles. The van der Waals surface area contributed by atoms with E-state index >= 15 is 0 Å². The minimum Gasteiger partial charge on any atom is -0.497 e. The van der Waals surface area contributed by atoms with Crippen molar-refractivity contribution in [3.63, 3.8) is 0 Å². The average Bonchev–Trinajstić information content (AvgIpc) is 2.74. The quantitative estimate of drug-likeness (QED) is 0.624. The summed E-state index contributed by atoms with van der Waals surface area (Å²) in [5, 5.41) is 2.79. The summed E-state index contributed by atoms with van der Waals surface area (Å²) < 4.78 is 10.8. The van der Waals surface area contributed by atoms with Gasteiger partial charge in [-0.25, -0.2) is 0 Å². The van der Waals surface area contributed by atoms with E-state index in [9.17, 15) is 9.59 Å². The average molecular weight is 375 g/mol. The molecule has 5 nitrogen and oxygen atoms in total. The smallest absolute Gasteiger partial charge is 0.265 e. The van der Waals surface area contributed by atoms with E-state index in [1.165, 1.54) is 0 Å². The molecule has 3 rings (SSSR count). The number of amides is 1. The SMILES string of the molecule is COc1ccc(O[C@@H](C)C(=O)Nc2ccccc2C(=O)c2ccccc2)cc1.